The predicted molar refractivity (Wildman–Crippen MR) is 116 cm³/mol. The van der Waals surface area contributed by atoms with E-state index in [4.69, 9.17) is 11.6 Å². The number of rotatable bonds is 3. The molecule has 0 bridgehead atoms. The first-order valence-corrected chi connectivity index (χ1v) is 10.4. The smallest absolute Gasteiger partial charge is 0.242 e. The van der Waals surface area contributed by atoms with Crippen LogP contribution in [0.15, 0.2) is 54.7 Å². The van der Waals surface area contributed by atoms with Crippen LogP contribution in [0.2, 0.25) is 5.02 Å². The van der Waals surface area contributed by atoms with Gasteiger partial charge in [-0.25, -0.2) is 4.68 Å². The molecule has 0 saturated carbocycles. The average Bonchev–Trinajstić information content (AvgIpc) is 3.23. The van der Waals surface area contributed by atoms with Crippen LogP contribution >= 0.6 is 11.6 Å². The number of benzene rings is 2. The Morgan fingerprint density at radius 1 is 1.13 bits per heavy atom. The van der Waals surface area contributed by atoms with Crippen molar-refractivity contribution in [2.24, 2.45) is 5.92 Å². The van der Waals surface area contributed by atoms with Gasteiger partial charge in [0.1, 0.15) is 11.2 Å². The zero-order valence-corrected chi connectivity index (χ0v) is 17.5. The molecule has 2 amide bonds. The predicted octanol–water partition coefficient (Wildman–Crippen LogP) is 4.16. The fraction of sp³-hybridized carbons (Fsp3) is 0.261. The van der Waals surface area contributed by atoms with Gasteiger partial charge in [0.2, 0.25) is 11.8 Å². The molecule has 1 N–H and O–H groups in total. The van der Waals surface area contributed by atoms with Crippen molar-refractivity contribution < 1.29 is 9.59 Å². The topological polar surface area (TPSA) is 67.2 Å². The van der Waals surface area contributed by atoms with E-state index >= 15 is 0 Å². The van der Waals surface area contributed by atoms with Crippen molar-refractivity contribution in [2.75, 3.05) is 16.8 Å². The SMILES string of the molecule is CC(C)CN1C(=O)C2(CC(=O)Nc3c2cnn3-c2ccccc2)c2cc(Cl)ccc21. The lowest BCUT2D eigenvalue weighted by Crippen LogP contribution is -2.47. The van der Waals surface area contributed by atoms with Gasteiger partial charge in [0, 0.05) is 29.2 Å². The van der Waals surface area contributed by atoms with Crippen LogP contribution in [-0.4, -0.2) is 28.1 Å². The molecule has 0 aliphatic carbocycles. The van der Waals surface area contributed by atoms with Crippen LogP contribution in [0, 0.1) is 5.92 Å². The van der Waals surface area contributed by atoms with Crippen molar-refractivity contribution in [1.82, 2.24) is 9.78 Å². The molecule has 0 fully saturated rings. The van der Waals surface area contributed by atoms with E-state index in [0.717, 1.165) is 16.9 Å². The minimum atomic E-state index is -1.13. The molecule has 0 saturated heterocycles. The highest BCUT2D eigenvalue weighted by molar-refractivity contribution is 6.31. The van der Waals surface area contributed by atoms with Crippen LogP contribution in [0.25, 0.3) is 5.69 Å². The summed E-state index contributed by atoms with van der Waals surface area (Å²) in [4.78, 5) is 28.6. The molecular formula is C23H21ClN4O2. The molecule has 6 nitrogen and oxygen atoms in total. The summed E-state index contributed by atoms with van der Waals surface area (Å²) in [7, 11) is 0. The highest BCUT2D eigenvalue weighted by atomic mass is 35.5. The summed E-state index contributed by atoms with van der Waals surface area (Å²) in [6.07, 6.45) is 1.73. The second kappa shape index (κ2) is 6.71. The highest BCUT2D eigenvalue weighted by Crippen LogP contribution is 2.53. The van der Waals surface area contributed by atoms with Gasteiger partial charge < -0.3 is 10.2 Å². The van der Waals surface area contributed by atoms with Crippen molar-refractivity contribution in [3.63, 3.8) is 0 Å². The van der Waals surface area contributed by atoms with Crippen molar-refractivity contribution in [1.29, 1.82) is 0 Å². The molecular weight excluding hydrogens is 400 g/mol. The molecule has 1 atom stereocenters. The Balaban J connectivity index is 1.76. The number of fused-ring (bicyclic) bond motifs is 4. The number of amides is 2. The maximum Gasteiger partial charge on any atom is 0.242 e. The Kier molecular flexibility index (Phi) is 4.22. The summed E-state index contributed by atoms with van der Waals surface area (Å²) in [6.45, 7) is 4.71. The quantitative estimate of drug-likeness (QED) is 0.691. The summed E-state index contributed by atoms with van der Waals surface area (Å²) in [5, 5.41) is 8.01. The van der Waals surface area contributed by atoms with Crippen LogP contribution in [-0.2, 0) is 15.0 Å². The van der Waals surface area contributed by atoms with E-state index in [0.29, 0.717) is 22.9 Å². The molecule has 1 unspecified atom stereocenters. The first-order chi connectivity index (χ1) is 14.4. The normalized spacial score (nSPS) is 19.9. The average molecular weight is 421 g/mol. The summed E-state index contributed by atoms with van der Waals surface area (Å²) in [5.41, 5.74) is 1.97. The van der Waals surface area contributed by atoms with Gasteiger partial charge in [0.25, 0.3) is 0 Å². The summed E-state index contributed by atoms with van der Waals surface area (Å²) in [6, 6.07) is 15.0. The summed E-state index contributed by atoms with van der Waals surface area (Å²) in [5.74, 6) is 0.489. The molecule has 3 heterocycles. The number of aromatic nitrogens is 2. The van der Waals surface area contributed by atoms with Crippen LogP contribution in [0.3, 0.4) is 0 Å². The second-order valence-corrected chi connectivity index (χ2v) is 8.69. The van der Waals surface area contributed by atoms with Gasteiger partial charge in [-0.1, -0.05) is 43.6 Å². The molecule has 3 aromatic rings. The third-order valence-electron chi connectivity index (χ3n) is 5.78. The Hall–Kier alpha value is -3.12. The maximum absolute atomic E-state index is 13.9. The first-order valence-electron chi connectivity index (χ1n) is 9.97. The number of para-hydroxylation sites is 1. The fourth-order valence-corrected chi connectivity index (χ4v) is 4.75. The van der Waals surface area contributed by atoms with Crippen LogP contribution < -0.4 is 10.2 Å². The minimum absolute atomic E-state index is 0.0290. The number of hydrogen-bond acceptors (Lipinski definition) is 3. The fourth-order valence-electron chi connectivity index (χ4n) is 4.58. The molecule has 1 spiro atoms. The number of halogens is 1. The molecule has 0 radical (unpaired) electrons. The largest absolute Gasteiger partial charge is 0.311 e. The van der Waals surface area contributed by atoms with Gasteiger partial charge in [-0.15, -0.1) is 0 Å². The van der Waals surface area contributed by atoms with E-state index in [1.165, 1.54) is 0 Å². The summed E-state index contributed by atoms with van der Waals surface area (Å²) >= 11 is 6.34. The van der Waals surface area contributed by atoms with Crippen molar-refractivity contribution in [3.05, 3.63) is 70.9 Å². The van der Waals surface area contributed by atoms with Gasteiger partial charge in [0.05, 0.1) is 11.9 Å². The number of nitrogens with zero attached hydrogens (tertiary/aromatic N) is 3. The number of anilines is 2. The van der Waals surface area contributed by atoms with Crippen LogP contribution in [0.1, 0.15) is 31.4 Å². The van der Waals surface area contributed by atoms with Crippen LogP contribution in [0.4, 0.5) is 11.5 Å². The molecule has 2 aromatic carbocycles. The van der Waals surface area contributed by atoms with Gasteiger partial charge >= 0.3 is 0 Å². The molecule has 1 aromatic heterocycles. The van der Waals surface area contributed by atoms with E-state index in [1.807, 2.05) is 42.5 Å². The number of carbonyl (C=O) groups excluding carboxylic acids is 2. The van der Waals surface area contributed by atoms with Gasteiger partial charge in [-0.05, 0) is 41.8 Å². The van der Waals surface area contributed by atoms with Crippen LogP contribution in [0.5, 0.6) is 0 Å². The van der Waals surface area contributed by atoms with Gasteiger partial charge in [-0.3, -0.25) is 9.59 Å². The lowest BCUT2D eigenvalue weighted by Gasteiger charge is -2.32. The van der Waals surface area contributed by atoms with Crippen molar-refractivity contribution >= 4 is 34.9 Å². The lowest BCUT2D eigenvalue weighted by molar-refractivity contribution is -0.126. The number of hydrogen-bond donors (Lipinski definition) is 1. The number of carbonyl (C=O) groups is 2. The Bertz CT molecular complexity index is 1170. The Morgan fingerprint density at radius 2 is 1.90 bits per heavy atom. The zero-order valence-electron chi connectivity index (χ0n) is 16.7. The van der Waals surface area contributed by atoms with E-state index in [2.05, 4.69) is 24.3 Å². The molecule has 7 heteroatoms. The van der Waals surface area contributed by atoms with E-state index in [-0.39, 0.29) is 24.2 Å². The third-order valence-corrected chi connectivity index (χ3v) is 6.02. The summed E-state index contributed by atoms with van der Waals surface area (Å²) < 4.78 is 1.68. The van der Waals surface area contributed by atoms with Crippen molar-refractivity contribution in [2.45, 2.75) is 25.7 Å². The molecule has 152 valence electrons. The standard InChI is InChI=1S/C23H21ClN4O2/c1-14(2)13-27-19-9-8-15(24)10-17(19)23(22(27)30)11-20(29)26-21-18(23)12-25-28(21)16-6-4-3-5-7-16/h3-10,12,14H,11,13H2,1-2H3,(H,26,29). The first kappa shape index (κ1) is 18.9. The second-order valence-electron chi connectivity index (χ2n) is 8.26. The van der Waals surface area contributed by atoms with E-state index < -0.39 is 5.41 Å². The van der Waals surface area contributed by atoms with Gasteiger partial charge in [-0.2, -0.15) is 5.10 Å². The monoisotopic (exact) mass is 420 g/mol. The van der Waals surface area contributed by atoms with Gasteiger partial charge in [0.15, 0.2) is 0 Å². The van der Waals surface area contributed by atoms with E-state index in [9.17, 15) is 9.59 Å². The molecule has 2 aliphatic heterocycles. The van der Waals surface area contributed by atoms with E-state index in [1.54, 1.807) is 21.8 Å². The van der Waals surface area contributed by atoms with Crippen molar-refractivity contribution in [3.8, 4) is 5.69 Å². The minimum Gasteiger partial charge on any atom is -0.311 e. The zero-order chi connectivity index (χ0) is 21.0. The maximum atomic E-state index is 13.9. The molecule has 30 heavy (non-hydrogen) atoms. The Morgan fingerprint density at radius 3 is 2.63 bits per heavy atom. The molecule has 2 aliphatic rings. The number of nitrogens with one attached hydrogen (secondary N) is 1. The Labute approximate surface area is 179 Å². The third kappa shape index (κ3) is 2.60. The molecule has 5 rings (SSSR count). The lowest BCUT2D eigenvalue weighted by atomic mass is 9.72. The highest BCUT2D eigenvalue weighted by Gasteiger charge is 2.57.